The Balaban J connectivity index is 2.10. The van der Waals surface area contributed by atoms with Crippen molar-refractivity contribution in [1.82, 2.24) is 4.90 Å². The molecular formula is C16H19ClFNO5S. The molecule has 0 saturated carbocycles. The van der Waals surface area contributed by atoms with Crippen molar-refractivity contribution in [3.63, 3.8) is 0 Å². The van der Waals surface area contributed by atoms with Gasteiger partial charge >= 0.3 is 5.97 Å². The fraction of sp³-hybridized carbons (Fsp3) is 0.500. The molecule has 1 saturated heterocycles. The van der Waals surface area contributed by atoms with Gasteiger partial charge in [0.15, 0.2) is 15.9 Å². The monoisotopic (exact) mass is 391 g/mol. The van der Waals surface area contributed by atoms with Crippen molar-refractivity contribution < 1.29 is 27.1 Å². The maximum Gasteiger partial charge on any atom is 0.343 e. The molecule has 6 nitrogen and oxygen atoms in total. The largest absolute Gasteiger partial charge is 0.449 e. The number of carbonyl (C=O) groups excluding carboxylic acids is 2. The summed E-state index contributed by atoms with van der Waals surface area (Å²) in [6.07, 6.45) is -0.840. The molecule has 2 unspecified atom stereocenters. The summed E-state index contributed by atoms with van der Waals surface area (Å²) in [5.74, 6) is -2.48. The molecule has 1 fully saturated rings. The summed E-state index contributed by atoms with van der Waals surface area (Å²) in [4.78, 5) is 26.0. The Morgan fingerprint density at radius 2 is 2.12 bits per heavy atom. The van der Waals surface area contributed by atoms with Crippen LogP contribution < -0.4 is 0 Å². The molecule has 2 atom stereocenters. The first-order chi connectivity index (χ1) is 11.7. The normalized spacial score (nSPS) is 20.1. The van der Waals surface area contributed by atoms with Crippen LogP contribution in [0.3, 0.4) is 0 Å². The number of hydrogen-bond acceptors (Lipinski definition) is 5. The number of carbonyl (C=O) groups is 2. The van der Waals surface area contributed by atoms with E-state index < -0.39 is 45.2 Å². The molecule has 1 aromatic carbocycles. The molecule has 9 heteroatoms. The lowest BCUT2D eigenvalue weighted by Gasteiger charge is -2.29. The van der Waals surface area contributed by atoms with E-state index in [2.05, 4.69) is 0 Å². The highest BCUT2D eigenvalue weighted by atomic mass is 35.5. The molecule has 1 aromatic rings. The van der Waals surface area contributed by atoms with Gasteiger partial charge in [-0.1, -0.05) is 17.7 Å². The average Bonchev–Trinajstić information content (AvgIpc) is 2.87. The van der Waals surface area contributed by atoms with Gasteiger partial charge in [-0.3, -0.25) is 4.79 Å². The fourth-order valence-corrected chi connectivity index (χ4v) is 4.78. The summed E-state index contributed by atoms with van der Waals surface area (Å²) in [6, 6.07) is 3.31. The molecule has 25 heavy (non-hydrogen) atoms. The highest BCUT2D eigenvalue weighted by Gasteiger charge is 2.36. The molecule has 0 radical (unpaired) electrons. The maximum absolute atomic E-state index is 13.8. The van der Waals surface area contributed by atoms with Crippen molar-refractivity contribution in [2.24, 2.45) is 0 Å². The minimum atomic E-state index is -3.16. The lowest BCUT2D eigenvalue weighted by atomic mass is 10.2. The van der Waals surface area contributed by atoms with E-state index >= 15 is 0 Å². The number of ether oxygens (including phenoxy) is 1. The lowest BCUT2D eigenvalue weighted by Crippen LogP contribution is -2.46. The van der Waals surface area contributed by atoms with E-state index in [-0.39, 0.29) is 23.1 Å². The number of halogens is 2. The summed E-state index contributed by atoms with van der Waals surface area (Å²) in [5.41, 5.74) is -0.435. The first kappa shape index (κ1) is 19.7. The summed E-state index contributed by atoms with van der Waals surface area (Å²) < 4.78 is 42.0. The Labute approximate surface area is 150 Å². The molecule has 0 bridgehead atoms. The van der Waals surface area contributed by atoms with Crippen LogP contribution in [-0.2, 0) is 19.4 Å². The van der Waals surface area contributed by atoms with Crippen LogP contribution >= 0.6 is 11.6 Å². The van der Waals surface area contributed by atoms with E-state index in [0.29, 0.717) is 6.42 Å². The number of benzene rings is 1. The van der Waals surface area contributed by atoms with Gasteiger partial charge in [0.05, 0.1) is 16.5 Å². The summed E-state index contributed by atoms with van der Waals surface area (Å²) in [7, 11) is -3.16. The standard InChI is InChI=1S/C16H19ClFNO5S/c1-3-19(11-7-8-25(22,23)9-11)15(20)10(2)24-16(21)14-12(17)5-4-6-13(14)18/h4-6,10-11H,3,7-9H2,1-2H3. The highest BCUT2D eigenvalue weighted by molar-refractivity contribution is 7.91. The number of hydrogen-bond donors (Lipinski definition) is 0. The van der Waals surface area contributed by atoms with Crippen LogP contribution in [0.4, 0.5) is 4.39 Å². The Morgan fingerprint density at radius 3 is 2.64 bits per heavy atom. The second kappa shape index (κ2) is 7.70. The first-order valence-corrected chi connectivity index (χ1v) is 10.0. The molecule has 0 N–H and O–H groups in total. The van der Waals surface area contributed by atoms with Crippen molar-refractivity contribution in [1.29, 1.82) is 0 Å². The molecule has 0 aliphatic carbocycles. The van der Waals surface area contributed by atoms with Crippen molar-refractivity contribution in [3.05, 3.63) is 34.6 Å². The molecule has 1 amide bonds. The van der Waals surface area contributed by atoms with Crippen LogP contribution in [0.1, 0.15) is 30.6 Å². The third-order valence-corrected chi connectivity index (χ3v) is 6.14. The molecule has 138 valence electrons. The maximum atomic E-state index is 13.8. The highest BCUT2D eigenvalue weighted by Crippen LogP contribution is 2.22. The van der Waals surface area contributed by atoms with E-state index in [1.165, 1.54) is 24.0 Å². The number of likely N-dealkylation sites (N-methyl/N-ethyl adjacent to an activating group) is 1. The molecule has 1 heterocycles. The SMILES string of the molecule is CCN(C(=O)C(C)OC(=O)c1c(F)cccc1Cl)C1CCS(=O)(=O)C1. The average molecular weight is 392 g/mol. The van der Waals surface area contributed by atoms with Gasteiger partial charge in [-0.2, -0.15) is 0 Å². The van der Waals surface area contributed by atoms with Gasteiger partial charge in [-0.15, -0.1) is 0 Å². The van der Waals surface area contributed by atoms with Crippen molar-refractivity contribution in [2.45, 2.75) is 32.4 Å². The number of amides is 1. The van der Waals surface area contributed by atoms with Gasteiger partial charge in [0, 0.05) is 12.6 Å². The van der Waals surface area contributed by atoms with Crippen LogP contribution in [0, 0.1) is 5.82 Å². The fourth-order valence-electron chi connectivity index (χ4n) is 2.81. The van der Waals surface area contributed by atoms with Crippen LogP contribution in [0.15, 0.2) is 18.2 Å². The van der Waals surface area contributed by atoms with Crippen LogP contribution in [-0.4, -0.2) is 55.4 Å². The lowest BCUT2D eigenvalue weighted by molar-refractivity contribution is -0.141. The third-order valence-electron chi connectivity index (χ3n) is 4.07. The van der Waals surface area contributed by atoms with Crippen molar-refractivity contribution >= 4 is 33.3 Å². The Hall–Kier alpha value is -1.67. The minimum absolute atomic E-state index is 0.0282. The van der Waals surface area contributed by atoms with Crippen LogP contribution in [0.25, 0.3) is 0 Å². The topological polar surface area (TPSA) is 80.8 Å². The second-order valence-corrected chi connectivity index (χ2v) is 8.46. The summed E-state index contributed by atoms with van der Waals surface area (Å²) in [5, 5.41) is -0.112. The van der Waals surface area contributed by atoms with E-state index in [1.54, 1.807) is 6.92 Å². The van der Waals surface area contributed by atoms with E-state index in [0.717, 1.165) is 6.07 Å². The van der Waals surface area contributed by atoms with Gasteiger partial charge < -0.3 is 9.64 Å². The predicted octanol–water partition coefficient (Wildman–Crippen LogP) is 2.06. The Bertz CT molecular complexity index is 762. The zero-order chi connectivity index (χ0) is 18.8. The molecule has 0 spiro atoms. The number of rotatable bonds is 5. The molecule has 1 aliphatic rings. The summed E-state index contributed by atoms with van der Waals surface area (Å²) >= 11 is 5.81. The molecular weight excluding hydrogens is 373 g/mol. The van der Waals surface area contributed by atoms with Crippen LogP contribution in [0.2, 0.25) is 5.02 Å². The molecule has 1 aliphatic heterocycles. The smallest absolute Gasteiger partial charge is 0.343 e. The molecule has 2 rings (SSSR count). The zero-order valence-electron chi connectivity index (χ0n) is 13.9. The van der Waals surface area contributed by atoms with Crippen molar-refractivity contribution in [3.8, 4) is 0 Å². The van der Waals surface area contributed by atoms with E-state index in [4.69, 9.17) is 16.3 Å². The van der Waals surface area contributed by atoms with Gasteiger partial charge in [0.1, 0.15) is 11.4 Å². The van der Waals surface area contributed by atoms with E-state index in [9.17, 15) is 22.4 Å². The quantitative estimate of drug-likeness (QED) is 0.718. The van der Waals surface area contributed by atoms with E-state index in [1.807, 2.05) is 0 Å². The third kappa shape index (κ3) is 4.49. The van der Waals surface area contributed by atoms with Gasteiger partial charge in [0.25, 0.3) is 5.91 Å². The van der Waals surface area contributed by atoms with Crippen LogP contribution in [0.5, 0.6) is 0 Å². The predicted molar refractivity (Wildman–Crippen MR) is 90.7 cm³/mol. The van der Waals surface area contributed by atoms with Gasteiger partial charge in [-0.25, -0.2) is 17.6 Å². The zero-order valence-corrected chi connectivity index (χ0v) is 15.4. The summed E-state index contributed by atoms with van der Waals surface area (Å²) in [6.45, 7) is 3.35. The van der Waals surface area contributed by atoms with Crippen molar-refractivity contribution in [2.75, 3.05) is 18.1 Å². The minimum Gasteiger partial charge on any atom is -0.449 e. The number of sulfone groups is 1. The molecule has 0 aromatic heterocycles. The number of nitrogens with zero attached hydrogens (tertiary/aromatic N) is 1. The van der Waals surface area contributed by atoms with Gasteiger partial charge in [0.2, 0.25) is 0 Å². The first-order valence-electron chi connectivity index (χ1n) is 7.82. The van der Waals surface area contributed by atoms with Gasteiger partial charge in [-0.05, 0) is 32.4 Å². The Morgan fingerprint density at radius 1 is 1.44 bits per heavy atom. The number of esters is 1. The Kier molecular flexibility index (Phi) is 6.05. The second-order valence-electron chi connectivity index (χ2n) is 5.83.